The van der Waals surface area contributed by atoms with E-state index in [0.29, 0.717) is 11.4 Å². The molecule has 26 heavy (non-hydrogen) atoms. The minimum Gasteiger partial charge on any atom is -0.334 e. The van der Waals surface area contributed by atoms with E-state index < -0.39 is 26.3 Å². The first-order valence-electron chi connectivity index (χ1n) is 8.17. The molecule has 7 nitrogen and oxygen atoms in total. The number of benzene rings is 1. The fraction of sp³-hybridized carbons (Fsp3) is 0.500. The van der Waals surface area contributed by atoms with Crippen LogP contribution in [0.15, 0.2) is 27.6 Å². The van der Waals surface area contributed by atoms with Gasteiger partial charge in [-0.3, -0.25) is 0 Å². The lowest BCUT2D eigenvalue weighted by Gasteiger charge is -2.17. The molecule has 1 saturated carbocycles. The number of nitrogens with two attached hydrogens (primary N) is 1. The number of rotatable bonds is 5. The maximum absolute atomic E-state index is 14.0. The van der Waals surface area contributed by atoms with Crippen molar-refractivity contribution in [1.29, 1.82) is 0 Å². The Morgan fingerprint density at radius 2 is 1.96 bits per heavy atom. The molecule has 10 heteroatoms. The molecule has 0 radical (unpaired) electrons. The summed E-state index contributed by atoms with van der Waals surface area (Å²) in [5, 5.41) is 3.94. The van der Waals surface area contributed by atoms with Crippen LogP contribution in [0.5, 0.6) is 0 Å². The smallest absolute Gasteiger partial charge is 0.258 e. The predicted octanol–water partition coefficient (Wildman–Crippen LogP) is 2.71. The van der Waals surface area contributed by atoms with Crippen LogP contribution in [-0.4, -0.2) is 24.6 Å². The molecule has 1 aliphatic carbocycles. The average molecular weight is 405 g/mol. The molecule has 1 aromatic carbocycles. The van der Waals surface area contributed by atoms with Gasteiger partial charge in [-0.1, -0.05) is 18.0 Å². The molecule has 3 rings (SSSR count). The second kappa shape index (κ2) is 7.59. The van der Waals surface area contributed by atoms with Crippen LogP contribution in [0.3, 0.4) is 0 Å². The summed E-state index contributed by atoms with van der Waals surface area (Å²) < 4.78 is 46.2. The Morgan fingerprint density at radius 3 is 2.58 bits per heavy atom. The summed E-state index contributed by atoms with van der Waals surface area (Å²) in [4.78, 5) is 3.85. The van der Waals surface area contributed by atoms with Crippen molar-refractivity contribution in [1.82, 2.24) is 14.9 Å². The Labute approximate surface area is 158 Å². The van der Waals surface area contributed by atoms with Crippen molar-refractivity contribution in [3.63, 3.8) is 0 Å². The molecular formula is C16H22ClFN4O3S. The molecule has 1 fully saturated rings. The van der Waals surface area contributed by atoms with E-state index in [1.807, 2.05) is 0 Å². The van der Waals surface area contributed by atoms with Gasteiger partial charge >= 0.3 is 0 Å². The van der Waals surface area contributed by atoms with Gasteiger partial charge in [-0.25, -0.2) is 17.5 Å². The lowest BCUT2D eigenvalue weighted by molar-refractivity contribution is 0.372. The normalized spacial score (nSPS) is 16.7. The van der Waals surface area contributed by atoms with Crippen LogP contribution in [0.1, 0.15) is 45.4 Å². The van der Waals surface area contributed by atoms with Crippen molar-refractivity contribution in [2.45, 2.75) is 56.0 Å². The number of aromatic nitrogens is 2. The molecule has 0 aliphatic heterocycles. The van der Waals surface area contributed by atoms with Gasteiger partial charge in [0.05, 0.1) is 5.54 Å². The largest absolute Gasteiger partial charge is 0.334 e. The van der Waals surface area contributed by atoms with Crippen molar-refractivity contribution in [2.75, 3.05) is 0 Å². The molecule has 0 amide bonds. The Hall–Kier alpha value is -1.55. The van der Waals surface area contributed by atoms with Gasteiger partial charge in [0.15, 0.2) is 5.82 Å². The van der Waals surface area contributed by atoms with Gasteiger partial charge in [-0.15, -0.1) is 12.4 Å². The standard InChI is InChI=1S/C16H21FN4O3S.ClH/c1-10(2)21-25(22,23)13-9-11(5-6-12(13)17)14-19-15(20-24-14)16(18)7-3-4-8-16;/h5-6,9-10,21H,3-4,7-8,18H2,1-2H3;1H. The molecule has 2 aromatic rings. The quantitative estimate of drug-likeness (QED) is 0.792. The highest BCUT2D eigenvalue weighted by Gasteiger charge is 2.36. The van der Waals surface area contributed by atoms with Crippen LogP contribution in [0, 0.1) is 5.82 Å². The molecule has 1 aromatic heterocycles. The van der Waals surface area contributed by atoms with Crippen molar-refractivity contribution in [3.05, 3.63) is 29.8 Å². The summed E-state index contributed by atoms with van der Waals surface area (Å²) in [6.07, 6.45) is 3.54. The number of nitrogens with one attached hydrogen (secondary N) is 1. The monoisotopic (exact) mass is 404 g/mol. The van der Waals surface area contributed by atoms with Crippen LogP contribution in [0.2, 0.25) is 0 Å². The molecule has 0 unspecified atom stereocenters. The highest BCUT2D eigenvalue weighted by atomic mass is 35.5. The summed E-state index contributed by atoms with van der Waals surface area (Å²) in [7, 11) is -3.98. The lowest BCUT2D eigenvalue weighted by Crippen LogP contribution is -2.34. The molecule has 1 aliphatic rings. The molecule has 0 saturated heterocycles. The van der Waals surface area contributed by atoms with Gasteiger partial charge in [-0.05, 0) is 44.9 Å². The highest BCUT2D eigenvalue weighted by Crippen LogP contribution is 2.35. The van der Waals surface area contributed by atoms with E-state index in [1.54, 1.807) is 13.8 Å². The first kappa shape index (κ1) is 20.8. The molecular weight excluding hydrogens is 383 g/mol. The number of hydrogen-bond acceptors (Lipinski definition) is 6. The molecule has 144 valence electrons. The summed E-state index contributed by atoms with van der Waals surface area (Å²) in [5.74, 6) is -0.329. The molecule has 0 spiro atoms. The molecule has 3 N–H and O–H groups in total. The summed E-state index contributed by atoms with van der Waals surface area (Å²) in [6, 6.07) is 3.30. The Kier molecular flexibility index (Phi) is 6.06. The van der Waals surface area contributed by atoms with Crippen LogP contribution >= 0.6 is 12.4 Å². The maximum atomic E-state index is 14.0. The van der Waals surface area contributed by atoms with Gasteiger partial charge in [0, 0.05) is 11.6 Å². The van der Waals surface area contributed by atoms with E-state index in [9.17, 15) is 12.8 Å². The minimum atomic E-state index is -3.98. The van der Waals surface area contributed by atoms with Crippen LogP contribution in [-0.2, 0) is 15.6 Å². The van der Waals surface area contributed by atoms with E-state index in [-0.39, 0.29) is 24.3 Å². The summed E-state index contributed by atoms with van der Waals surface area (Å²) in [6.45, 7) is 3.32. The van der Waals surface area contributed by atoms with Crippen LogP contribution < -0.4 is 10.5 Å². The average Bonchev–Trinajstić information content (AvgIpc) is 3.16. The van der Waals surface area contributed by atoms with Crippen molar-refractivity contribution in [2.24, 2.45) is 5.73 Å². The first-order chi connectivity index (χ1) is 11.7. The maximum Gasteiger partial charge on any atom is 0.258 e. The third-order valence-electron chi connectivity index (χ3n) is 4.23. The van der Waals surface area contributed by atoms with Gasteiger partial charge in [-0.2, -0.15) is 4.98 Å². The number of sulfonamides is 1. The van der Waals surface area contributed by atoms with Gasteiger partial charge < -0.3 is 10.3 Å². The molecule has 0 atom stereocenters. The van der Waals surface area contributed by atoms with Crippen molar-refractivity contribution in [3.8, 4) is 11.5 Å². The van der Waals surface area contributed by atoms with Crippen molar-refractivity contribution < 1.29 is 17.3 Å². The Balaban J connectivity index is 0.00000243. The van der Waals surface area contributed by atoms with Gasteiger partial charge in [0.2, 0.25) is 10.0 Å². The van der Waals surface area contributed by atoms with Crippen LogP contribution in [0.4, 0.5) is 4.39 Å². The van der Waals surface area contributed by atoms with E-state index in [4.69, 9.17) is 10.3 Å². The molecule has 0 bridgehead atoms. The SMILES string of the molecule is CC(C)NS(=O)(=O)c1cc(-c2nc(C3(N)CCCC3)no2)ccc1F.Cl. The zero-order valence-corrected chi connectivity index (χ0v) is 16.2. The Bertz CT molecular complexity index is 879. The lowest BCUT2D eigenvalue weighted by atomic mass is 9.99. The predicted molar refractivity (Wildman–Crippen MR) is 96.7 cm³/mol. The zero-order valence-electron chi connectivity index (χ0n) is 14.5. The van der Waals surface area contributed by atoms with Gasteiger partial charge in [0.25, 0.3) is 5.89 Å². The van der Waals surface area contributed by atoms with E-state index in [1.165, 1.54) is 12.1 Å². The fourth-order valence-electron chi connectivity index (χ4n) is 2.99. The van der Waals surface area contributed by atoms with E-state index in [0.717, 1.165) is 31.7 Å². The molecule has 1 heterocycles. The van der Waals surface area contributed by atoms with Crippen molar-refractivity contribution >= 4 is 22.4 Å². The van der Waals surface area contributed by atoms with Gasteiger partial charge in [0.1, 0.15) is 10.7 Å². The fourth-order valence-corrected chi connectivity index (χ4v) is 4.34. The third kappa shape index (κ3) is 4.06. The Morgan fingerprint density at radius 1 is 1.31 bits per heavy atom. The number of halogens is 2. The number of nitrogens with zero attached hydrogens (tertiary/aromatic N) is 2. The van der Waals surface area contributed by atoms with Crippen LogP contribution in [0.25, 0.3) is 11.5 Å². The summed E-state index contributed by atoms with van der Waals surface area (Å²) >= 11 is 0. The van der Waals surface area contributed by atoms with E-state index >= 15 is 0 Å². The zero-order chi connectivity index (χ0) is 18.2. The highest BCUT2D eigenvalue weighted by molar-refractivity contribution is 7.89. The topological polar surface area (TPSA) is 111 Å². The summed E-state index contributed by atoms with van der Waals surface area (Å²) in [5.41, 5.74) is 6.01. The second-order valence-electron chi connectivity index (χ2n) is 6.71. The first-order valence-corrected chi connectivity index (χ1v) is 9.65. The third-order valence-corrected chi connectivity index (χ3v) is 5.90. The van der Waals surface area contributed by atoms with E-state index in [2.05, 4.69) is 14.9 Å². The second-order valence-corrected chi connectivity index (χ2v) is 8.39. The number of hydrogen-bond donors (Lipinski definition) is 2. The minimum absolute atomic E-state index is 0.